The number of carbonyl (C=O) groups excluding carboxylic acids is 1. The average molecular weight is 543 g/mol. The summed E-state index contributed by atoms with van der Waals surface area (Å²) in [6, 6.07) is 11.1. The number of hydrogen-bond acceptors (Lipinski definition) is 5. The molecule has 5 rings (SSSR count). The number of hydrogen-bond donors (Lipinski definition) is 1. The van der Waals surface area contributed by atoms with Crippen LogP contribution in [-0.4, -0.2) is 36.8 Å². The molecule has 214 valence electrons. The van der Waals surface area contributed by atoms with E-state index in [1.807, 2.05) is 24.1 Å². The highest BCUT2D eigenvalue weighted by molar-refractivity contribution is 6.10. The maximum Gasteiger partial charge on any atom is 0.231 e. The Labute approximate surface area is 240 Å². The molecule has 0 aliphatic heterocycles. The number of nitrogens with two attached hydrogens (primary N) is 1. The minimum absolute atomic E-state index is 0.0964. The average Bonchev–Trinajstić information content (AvgIpc) is 3.81. The van der Waals surface area contributed by atoms with Crippen LogP contribution < -0.4 is 15.4 Å². The van der Waals surface area contributed by atoms with Crippen LogP contribution in [0.3, 0.4) is 0 Å². The van der Waals surface area contributed by atoms with E-state index in [9.17, 15) is 4.79 Å². The summed E-state index contributed by atoms with van der Waals surface area (Å²) >= 11 is 0. The molecular formula is C34H46N4O2. The zero-order chi connectivity index (χ0) is 28.1. The second-order valence-corrected chi connectivity index (χ2v) is 12.2. The zero-order valence-corrected chi connectivity index (χ0v) is 24.6. The topological polar surface area (TPSA) is 80.8 Å². The molecule has 0 saturated heterocycles. The Morgan fingerprint density at radius 3 is 2.42 bits per heavy atom. The molecule has 1 aromatic heterocycles. The second kappa shape index (κ2) is 13.0. The van der Waals surface area contributed by atoms with Crippen molar-refractivity contribution >= 4 is 23.5 Å². The van der Waals surface area contributed by atoms with E-state index in [-0.39, 0.29) is 11.8 Å². The molecule has 6 heteroatoms. The van der Waals surface area contributed by atoms with Crippen molar-refractivity contribution in [3.8, 4) is 5.75 Å². The smallest absolute Gasteiger partial charge is 0.231 e. The van der Waals surface area contributed by atoms with Gasteiger partial charge in [-0.2, -0.15) is 0 Å². The third-order valence-corrected chi connectivity index (χ3v) is 9.10. The summed E-state index contributed by atoms with van der Waals surface area (Å²) in [5.41, 5.74) is 11.4. The minimum atomic E-state index is 0.0964. The molecule has 3 aliphatic carbocycles. The molecule has 0 unspecified atom stereocenters. The number of aromatic nitrogens is 1. The normalized spacial score (nSPS) is 22.4. The van der Waals surface area contributed by atoms with Gasteiger partial charge >= 0.3 is 0 Å². The number of ether oxygens (including phenoxy) is 1. The van der Waals surface area contributed by atoms with Gasteiger partial charge in [0.05, 0.1) is 13.2 Å². The molecule has 1 amide bonds. The Kier molecular flexibility index (Phi) is 9.23. The first-order valence-electron chi connectivity index (χ1n) is 15.3. The van der Waals surface area contributed by atoms with Gasteiger partial charge in [-0.15, -0.1) is 0 Å². The lowest BCUT2D eigenvalue weighted by atomic mass is 9.78. The van der Waals surface area contributed by atoms with Gasteiger partial charge in [0, 0.05) is 36.1 Å². The highest BCUT2D eigenvalue weighted by Gasteiger charge is 2.32. The molecule has 3 aliphatic rings. The Balaban J connectivity index is 1.35. The molecule has 1 aromatic carbocycles. The van der Waals surface area contributed by atoms with E-state index in [0.717, 1.165) is 99.2 Å². The largest absolute Gasteiger partial charge is 0.496 e. The van der Waals surface area contributed by atoms with E-state index in [1.165, 1.54) is 17.5 Å². The predicted molar refractivity (Wildman–Crippen MR) is 164 cm³/mol. The van der Waals surface area contributed by atoms with Crippen LogP contribution in [0.1, 0.15) is 98.9 Å². The van der Waals surface area contributed by atoms with Gasteiger partial charge in [-0.3, -0.25) is 14.7 Å². The monoisotopic (exact) mass is 542 g/mol. The zero-order valence-electron chi connectivity index (χ0n) is 24.6. The number of aliphatic imine (C=N–C) groups is 1. The highest BCUT2D eigenvalue weighted by Crippen LogP contribution is 2.38. The van der Waals surface area contributed by atoms with Crippen LogP contribution in [0, 0.1) is 25.7 Å². The quantitative estimate of drug-likeness (QED) is 0.342. The molecule has 0 radical (unpaired) electrons. The van der Waals surface area contributed by atoms with Crippen molar-refractivity contribution < 1.29 is 9.53 Å². The maximum absolute atomic E-state index is 14.0. The Morgan fingerprint density at radius 2 is 1.77 bits per heavy atom. The van der Waals surface area contributed by atoms with Crippen LogP contribution in [0.5, 0.6) is 5.75 Å². The Morgan fingerprint density at radius 1 is 1.02 bits per heavy atom. The van der Waals surface area contributed by atoms with Crippen LogP contribution in [0.4, 0.5) is 5.82 Å². The first-order valence-corrected chi connectivity index (χ1v) is 15.3. The number of carbonyl (C=O) groups is 1. The maximum atomic E-state index is 14.0. The number of benzene rings is 1. The SMILES string of the molecule is COc1ccc(C2CCC(CN(C(=O)C3CCCCC3)c3cc(C(C=NC4CC4)=CN)cc(C)n3)CC2)cc1C. The van der Waals surface area contributed by atoms with Crippen LogP contribution in [0.2, 0.25) is 0 Å². The molecule has 0 bridgehead atoms. The van der Waals surface area contributed by atoms with Crippen molar-refractivity contribution in [1.82, 2.24) is 4.98 Å². The fourth-order valence-corrected chi connectivity index (χ4v) is 6.54. The summed E-state index contributed by atoms with van der Waals surface area (Å²) in [7, 11) is 1.73. The molecule has 2 aromatic rings. The van der Waals surface area contributed by atoms with E-state index < -0.39 is 0 Å². The lowest BCUT2D eigenvalue weighted by Gasteiger charge is -2.35. The molecule has 2 N–H and O–H groups in total. The molecule has 40 heavy (non-hydrogen) atoms. The fourth-order valence-electron chi connectivity index (χ4n) is 6.54. The van der Waals surface area contributed by atoms with Gasteiger partial charge in [0.15, 0.2) is 0 Å². The first kappa shape index (κ1) is 28.4. The van der Waals surface area contributed by atoms with Gasteiger partial charge in [0.25, 0.3) is 0 Å². The summed E-state index contributed by atoms with van der Waals surface area (Å²) < 4.78 is 5.47. The summed E-state index contributed by atoms with van der Waals surface area (Å²) in [5, 5.41) is 0. The molecule has 3 fully saturated rings. The number of methoxy groups -OCH3 is 1. The van der Waals surface area contributed by atoms with Crippen LogP contribution >= 0.6 is 0 Å². The molecule has 3 saturated carbocycles. The molecule has 0 atom stereocenters. The van der Waals surface area contributed by atoms with Gasteiger partial charge in [-0.25, -0.2) is 4.98 Å². The predicted octanol–water partition coefficient (Wildman–Crippen LogP) is 7.13. The van der Waals surface area contributed by atoms with Crippen molar-refractivity contribution in [2.45, 2.75) is 96.4 Å². The minimum Gasteiger partial charge on any atom is -0.496 e. The van der Waals surface area contributed by atoms with Gasteiger partial charge in [0.1, 0.15) is 11.6 Å². The van der Waals surface area contributed by atoms with E-state index in [1.54, 1.807) is 13.3 Å². The second-order valence-electron chi connectivity index (χ2n) is 12.2. The lowest BCUT2D eigenvalue weighted by Crippen LogP contribution is -2.41. The standard InChI is InChI=1S/C34H46N4O2/c1-23-17-28(13-16-32(23)40-3)26-11-9-25(10-12-26)22-38(34(39)27-7-5-4-6-8-27)33-19-29(18-24(2)37-33)30(20-35)21-36-31-14-15-31/h13,16-21,25-27,31H,4-12,14-15,22,35H2,1-3H3. The van der Waals surface area contributed by atoms with Crippen LogP contribution in [0.25, 0.3) is 5.57 Å². The number of aryl methyl sites for hydroxylation is 2. The number of pyridine rings is 1. The number of rotatable bonds is 9. The summed E-state index contributed by atoms with van der Waals surface area (Å²) in [4.78, 5) is 25.6. The molecule has 6 nitrogen and oxygen atoms in total. The van der Waals surface area contributed by atoms with E-state index in [0.29, 0.717) is 17.9 Å². The summed E-state index contributed by atoms with van der Waals surface area (Å²) in [6.07, 6.45) is 15.8. The van der Waals surface area contributed by atoms with Crippen molar-refractivity contribution in [2.75, 3.05) is 18.6 Å². The number of anilines is 1. The van der Waals surface area contributed by atoms with Crippen molar-refractivity contribution in [2.24, 2.45) is 22.6 Å². The first-order chi connectivity index (χ1) is 19.4. The van der Waals surface area contributed by atoms with Gasteiger partial charge in [-0.05, 0) is 112 Å². The van der Waals surface area contributed by atoms with Crippen LogP contribution in [-0.2, 0) is 4.79 Å². The van der Waals surface area contributed by atoms with E-state index in [2.05, 4.69) is 36.2 Å². The third kappa shape index (κ3) is 6.94. The van der Waals surface area contributed by atoms with Gasteiger partial charge in [0.2, 0.25) is 5.91 Å². The third-order valence-electron chi connectivity index (χ3n) is 9.10. The highest BCUT2D eigenvalue weighted by atomic mass is 16.5. The van der Waals surface area contributed by atoms with E-state index >= 15 is 0 Å². The number of allylic oxidation sites excluding steroid dienone is 1. The Hall–Kier alpha value is -3.15. The van der Waals surface area contributed by atoms with Crippen molar-refractivity contribution in [1.29, 1.82) is 0 Å². The summed E-state index contributed by atoms with van der Waals surface area (Å²) in [5.74, 6) is 3.09. The molecule has 0 spiro atoms. The van der Waals surface area contributed by atoms with Gasteiger partial charge < -0.3 is 10.5 Å². The number of nitrogens with zero attached hydrogens (tertiary/aromatic N) is 3. The fraction of sp³-hybridized carbons (Fsp3) is 0.559. The molecular weight excluding hydrogens is 496 g/mol. The van der Waals surface area contributed by atoms with E-state index in [4.69, 9.17) is 15.5 Å². The number of amides is 1. The summed E-state index contributed by atoms with van der Waals surface area (Å²) in [6.45, 7) is 4.86. The lowest BCUT2D eigenvalue weighted by molar-refractivity contribution is -0.123. The van der Waals surface area contributed by atoms with Gasteiger partial charge in [-0.1, -0.05) is 31.4 Å². The van der Waals surface area contributed by atoms with Crippen molar-refractivity contribution in [3.05, 3.63) is 58.9 Å². The van der Waals surface area contributed by atoms with Crippen molar-refractivity contribution in [3.63, 3.8) is 0 Å². The Bertz CT molecular complexity index is 1230. The molecule has 1 heterocycles. The van der Waals surface area contributed by atoms with Crippen LogP contribution in [0.15, 0.2) is 41.5 Å².